The van der Waals surface area contributed by atoms with E-state index in [9.17, 15) is 14.7 Å². The van der Waals surface area contributed by atoms with Gasteiger partial charge < -0.3 is 30.4 Å². The number of hydrogen-bond donors (Lipinski definition) is 3. The normalized spacial score (nSPS) is 30.2. The molecule has 1 heterocycles. The molecule has 214 valence electrons. The van der Waals surface area contributed by atoms with Gasteiger partial charge in [0.05, 0.1) is 18.3 Å². The molecule has 0 aromatic heterocycles. The van der Waals surface area contributed by atoms with Crippen molar-refractivity contribution in [2.75, 3.05) is 19.5 Å². The Morgan fingerprint density at radius 2 is 1.87 bits per heavy atom. The van der Waals surface area contributed by atoms with Crippen LogP contribution in [0.1, 0.15) is 58.1 Å². The van der Waals surface area contributed by atoms with Crippen LogP contribution in [0.5, 0.6) is 0 Å². The number of nitrogens with two attached hydrogens (primary N) is 1. The minimum atomic E-state index is -0.915. The van der Waals surface area contributed by atoms with Crippen LogP contribution in [-0.4, -0.2) is 55.7 Å². The van der Waals surface area contributed by atoms with Crippen LogP contribution < -0.4 is 11.1 Å². The molecule has 8 nitrogen and oxygen atoms in total. The number of carbonyl (C=O) groups excluding carboxylic acids is 2. The number of allylic oxidation sites excluding steroid dienone is 1. The number of ether oxygens (including phenoxy) is 3. The predicted molar refractivity (Wildman–Crippen MR) is 153 cm³/mol. The molecule has 39 heavy (non-hydrogen) atoms. The van der Waals surface area contributed by atoms with Gasteiger partial charge >= 0.3 is 6.09 Å². The lowest BCUT2D eigenvalue weighted by Crippen LogP contribution is -2.37. The number of amides is 2. The number of terminal acetylenes is 1. The summed E-state index contributed by atoms with van der Waals surface area (Å²) in [5.41, 5.74) is 9.33. The summed E-state index contributed by atoms with van der Waals surface area (Å²) in [5, 5.41) is 14.2. The lowest BCUT2D eigenvalue weighted by Gasteiger charge is -2.30. The molecule has 2 rings (SSSR count). The first-order valence-corrected chi connectivity index (χ1v) is 13.4. The SMILES string of the molecule is C#CCc1cc2cc(c1)NC(=O)/C(C)=C\CC[C@@H](OC)[C@H](OC(N)=O)/C(C)=C\[C@H](C)[C@@H](O)[C@@H](OC)C[C@@H](C)C2. The van der Waals surface area contributed by atoms with Gasteiger partial charge in [0.15, 0.2) is 6.10 Å². The maximum Gasteiger partial charge on any atom is 0.405 e. The molecule has 0 saturated carbocycles. The molecule has 0 fully saturated rings. The Morgan fingerprint density at radius 3 is 2.49 bits per heavy atom. The molecule has 0 unspecified atom stereocenters. The molecule has 0 saturated heterocycles. The number of nitrogens with one attached hydrogen (secondary N) is 1. The number of fused-ring (bicyclic) bond motifs is 2. The monoisotopic (exact) mass is 540 g/mol. The van der Waals surface area contributed by atoms with Crippen LogP contribution >= 0.6 is 0 Å². The summed E-state index contributed by atoms with van der Waals surface area (Å²) in [4.78, 5) is 24.7. The third kappa shape index (κ3) is 9.85. The number of anilines is 1. The summed E-state index contributed by atoms with van der Waals surface area (Å²) in [7, 11) is 3.13. The number of hydrogen-bond acceptors (Lipinski definition) is 6. The van der Waals surface area contributed by atoms with E-state index in [-0.39, 0.29) is 17.7 Å². The quantitative estimate of drug-likeness (QED) is 0.381. The molecule has 1 aliphatic heterocycles. The van der Waals surface area contributed by atoms with E-state index in [1.54, 1.807) is 14.0 Å². The molecule has 4 N–H and O–H groups in total. The molecule has 0 spiro atoms. The van der Waals surface area contributed by atoms with E-state index in [0.717, 1.165) is 17.5 Å². The van der Waals surface area contributed by atoms with Crippen LogP contribution in [0.3, 0.4) is 0 Å². The third-order valence-electron chi connectivity index (χ3n) is 7.18. The van der Waals surface area contributed by atoms with Gasteiger partial charge in [-0.05, 0) is 74.3 Å². The predicted octanol–water partition coefficient (Wildman–Crippen LogP) is 4.55. The minimum absolute atomic E-state index is 0.166. The lowest BCUT2D eigenvalue weighted by atomic mass is 9.88. The fourth-order valence-corrected chi connectivity index (χ4v) is 5.14. The Balaban J connectivity index is 2.50. The molecule has 2 amide bonds. The van der Waals surface area contributed by atoms with Crippen molar-refractivity contribution in [1.29, 1.82) is 0 Å². The van der Waals surface area contributed by atoms with Gasteiger partial charge in [0, 0.05) is 37.8 Å². The maximum atomic E-state index is 13.0. The van der Waals surface area contributed by atoms with Gasteiger partial charge in [-0.15, -0.1) is 12.3 Å². The highest BCUT2D eigenvalue weighted by atomic mass is 16.6. The van der Waals surface area contributed by atoms with Crippen molar-refractivity contribution in [2.45, 2.75) is 84.2 Å². The number of methoxy groups -OCH3 is 2. The standard InChI is InChI=1S/C31H44N2O6/c1-8-10-23-16-24-13-19(2)14-27(38-7)28(34)21(4)15-22(5)29(39-31(32)36)26(37-6)12-9-11-20(3)30(35)33-25(17-23)18-24/h1,11,15-19,21,26-29,34H,9-10,12-14H2,2-7H3,(H2,32,36)(H,33,35)/b20-11-,22-15-/t19-,21-,26+,27-,28+,29+/m0/s1. The van der Waals surface area contributed by atoms with Crippen molar-refractivity contribution < 1.29 is 28.9 Å². The zero-order valence-corrected chi connectivity index (χ0v) is 24.0. The first-order valence-electron chi connectivity index (χ1n) is 13.4. The highest BCUT2D eigenvalue weighted by Gasteiger charge is 2.30. The van der Waals surface area contributed by atoms with Crippen molar-refractivity contribution in [3.05, 3.63) is 52.6 Å². The molecule has 1 aromatic carbocycles. The first-order chi connectivity index (χ1) is 18.5. The van der Waals surface area contributed by atoms with Gasteiger partial charge in [-0.3, -0.25) is 4.79 Å². The van der Waals surface area contributed by atoms with E-state index in [0.29, 0.717) is 42.5 Å². The molecule has 8 heteroatoms. The summed E-state index contributed by atoms with van der Waals surface area (Å²) in [5.74, 6) is 2.34. The highest BCUT2D eigenvalue weighted by molar-refractivity contribution is 6.03. The van der Waals surface area contributed by atoms with E-state index in [1.807, 2.05) is 38.1 Å². The summed E-state index contributed by atoms with van der Waals surface area (Å²) < 4.78 is 16.8. The number of aliphatic hydroxyl groups is 1. The maximum absolute atomic E-state index is 13.0. The van der Waals surface area contributed by atoms with Gasteiger partial charge in [-0.25, -0.2) is 4.79 Å². The number of aliphatic hydroxyl groups excluding tert-OH is 1. The van der Waals surface area contributed by atoms with Crippen molar-refractivity contribution in [3.8, 4) is 12.3 Å². The van der Waals surface area contributed by atoms with Crippen molar-refractivity contribution in [1.82, 2.24) is 0 Å². The lowest BCUT2D eigenvalue weighted by molar-refractivity contribution is -0.112. The van der Waals surface area contributed by atoms with Crippen molar-refractivity contribution >= 4 is 17.7 Å². The Morgan fingerprint density at radius 1 is 1.18 bits per heavy atom. The molecule has 6 atom stereocenters. The van der Waals surface area contributed by atoms with Crippen molar-refractivity contribution in [3.63, 3.8) is 0 Å². The fraction of sp³-hybridized carbons (Fsp3) is 0.548. The molecule has 2 bridgehead atoms. The largest absolute Gasteiger partial charge is 0.439 e. The Kier molecular flexibility index (Phi) is 12.7. The minimum Gasteiger partial charge on any atom is -0.439 e. The zero-order chi connectivity index (χ0) is 29.1. The van der Waals surface area contributed by atoms with E-state index < -0.39 is 30.5 Å². The Hall–Kier alpha value is -3.12. The third-order valence-corrected chi connectivity index (χ3v) is 7.18. The molecule has 0 radical (unpaired) electrons. The van der Waals surface area contributed by atoms with E-state index in [1.165, 1.54) is 7.11 Å². The van der Waals surface area contributed by atoms with Crippen LogP contribution in [0, 0.1) is 24.2 Å². The van der Waals surface area contributed by atoms with Gasteiger partial charge in [0.2, 0.25) is 0 Å². The van der Waals surface area contributed by atoms with Gasteiger partial charge in [0.25, 0.3) is 5.91 Å². The molecule has 1 aromatic rings. The van der Waals surface area contributed by atoms with Crippen LogP contribution in [0.2, 0.25) is 0 Å². The summed E-state index contributed by atoms with van der Waals surface area (Å²) in [6, 6.07) is 5.93. The topological polar surface area (TPSA) is 120 Å². The van der Waals surface area contributed by atoms with Crippen LogP contribution in [0.25, 0.3) is 0 Å². The molecule has 1 aliphatic rings. The Bertz CT molecular complexity index is 1090. The van der Waals surface area contributed by atoms with Crippen LogP contribution in [0.4, 0.5) is 10.5 Å². The van der Waals surface area contributed by atoms with Crippen molar-refractivity contribution in [2.24, 2.45) is 17.6 Å². The second kappa shape index (κ2) is 15.5. The molecular formula is C31H44N2O6. The number of benzene rings is 1. The smallest absolute Gasteiger partial charge is 0.405 e. The molecular weight excluding hydrogens is 496 g/mol. The van der Waals surface area contributed by atoms with Crippen LogP contribution in [0.15, 0.2) is 41.5 Å². The Labute approximate surface area is 233 Å². The molecule has 0 aliphatic carbocycles. The number of primary amides is 1. The number of rotatable bonds is 4. The van der Waals surface area contributed by atoms with Crippen LogP contribution in [-0.2, 0) is 31.8 Å². The second-order valence-electron chi connectivity index (χ2n) is 10.5. The summed E-state index contributed by atoms with van der Waals surface area (Å²) >= 11 is 0. The second-order valence-corrected chi connectivity index (χ2v) is 10.5. The van der Waals surface area contributed by atoms with E-state index in [4.69, 9.17) is 26.4 Å². The van der Waals surface area contributed by atoms with Gasteiger partial charge in [0.1, 0.15) is 0 Å². The van der Waals surface area contributed by atoms with E-state index in [2.05, 4.69) is 24.2 Å². The fourth-order valence-electron chi connectivity index (χ4n) is 5.14. The van der Waals surface area contributed by atoms with E-state index >= 15 is 0 Å². The summed E-state index contributed by atoms with van der Waals surface area (Å²) in [6.07, 6.45) is 8.66. The average molecular weight is 541 g/mol. The van der Waals surface area contributed by atoms with Gasteiger partial charge in [-0.2, -0.15) is 0 Å². The average Bonchev–Trinajstić information content (AvgIpc) is 2.87. The highest BCUT2D eigenvalue weighted by Crippen LogP contribution is 2.26. The first kappa shape index (κ1) is 32.1. The summed E-state index contributed by atoms with van der Waals surface area (Å²) in [6.45, 7) is 7.58. The zero-order valence-electron chi connectivity index (χ0n) is 24.0. The number of carbonyl (C=O) groups is 2. The van der Waals surface area contributed by atoms with Gasteiger partial charge in [-0.1, -0.05) is 32.1 Å².